The van der Waals surface area contributed by atoms with Gasteiger partial charge < -0.3 is 10.6 Å². The third kappa shape index (κ3) is 3.20. The molecule has 1 fully saturated rings. The summed E-state index contributed by atoms with van der Waals surface area (Å²) in [4.78, 5) is 0.388. The molecule has 2 N–H and O–H groups in total. The Morgan fingerprint density at radius 2 is 1.88 bits per heavy atom. The summed E-state index contributed by atoms with van der Waals surface area (Å²) in [6.07, 6.45) is 3.30. The second-order valence-electron chi connectivity index (χ2n) is 4.44. The van der Waals surface area contributed by atoms with E-state index in [-0.39, 0.29) is 0 Å². The maximum Gasteiger partial charge on any atom is 0.177 e. The second-order valence-corrected chi connectivity index (χ2v) is 6.42. The lowest BCUT2D eigenvalue weighted by atomic mass is 10.1. The first-order valence-corrected chi connectivity index (χ1v) is 7.73. The normalized spacial score (nSPS) is 17.9. The largest absolute Gasteiger partial charge is 0.381 e. The number of piperidine rings is 1. The molecule has 1 aliphatic heterocycles. The zero-order chi connectivity index (χ0) is 12.3. The zero-order valence-electron chi connectivity index (χ0n) is 9.94. The van der Waals surface area contributed by atoms with Gasteiger partial charge in [-0.2, -0.15) is 0 Å². The van der Waals surface area contributed by atoms with Crippen LogP contribution in [0.3, 0.4) is 0 Å². The average Bonchev–Trinajstić information content (AvgIpc) is 2.30. The van der Waals surface area contributed by atoms with E-state index in [2.05, 4.69) is 10.6 Å². The first-order chi connectivity index (χ1) is 8.07. The highest BCUT2D eigenvalue weighted by Gasteiger charge is 2.17. The number of benzene rings is 1. The molecular formula is C12H18N2O2S. The van der Waals surface area contributed by atoms with Crippen LogP contribution in [0.15, 0.2) is 29.2 Å². The van der Waals surface area contributed by atoms with Crippen molar-refractivity contribution in [3.05, 3.63) is 24.3 Å². The lowest BCUT2D eigenvalue weighted by Crippen LogP contribution is -2.35. The first kappa shape index (κ1) is 12.4. The van der Waals surface area contributed by atoms with E-state index < -0.39 is 9.84 Å². The number of hydrogen-bond donors (Lipinski definition) is 2. The van der Waals surface area contributed by atoms with E-state index in [1.807, 2.05) is 12.1 Å². The van der Waals surface area contributed by atoms with Gasteiger partial charge in [-0.05, 0) is 38.1 Å². The van der Waals surface area contributed by atoms with Gasteiger partial charge in [0.05, 0.1) is 10.6 Å². The van der Waals surface area contributed by atoms with Crippen LogP contribution in [0.2, 0.25) is 0 Å². The lowest BCUT2D eigenvalue weighted by molar-refractivity contribution is 0.478. The minimum Gasteiger partial charge on any atom is -0.381 e. The Morgan fingerprint density at radius 3 is 2.53 bits per heavy atom. The summed E-state index contributed by atoms with van der Waals surface area (Å²) in [5.41, 5.74) is 0.724. The number of sulfone groups is 1. The number of para-hydroxylation sites is 1. The van der Waals surface area contributed by atoms with Crippen molar-refractivity contribution in [3.63, 3.8) is 0 Å². The van der Waals surface area contributed by atoms with Crippen LogP contribution in [0, 0.1) is 0 Å². The predicted molar refractivity (Wildman–Crippen MR) is 69.1 cm³/mol. The molecule has 0 saturated carbocycles. The summed E-state index contributed by atoms with van der Waals surface area (Å²) in [5.74, 6) is 0. The van der Waals surface area contributed by atoms with Gasteiger partial charge >= 0.3 is 0 Å². The molecule has 1 saturated heterocycles. The molecule has 4 nitrogen and oxygen atoms in total. The fourth-order valence-corrected chi connectivity index (χ4v) is 2.95. The number of nitrogens with one attached hydrogen (secondary N) is 2. The minimum absolute atomic E-state index is 0.360. The van der Waals surface area contributed by atoms with Gasteiger partial charge in [-0.15, -0.1) is 0 Å². The Hall–Kier alpha value is -1.07. The maximum absolute atomic E-state index is 11.6. The molecule has 1 heterocycles. The monoisotopic (exact) mass is 254 g/mol. The molecule has 2 rings (SSSR count). The van der Waals surface area contributed by atoms with E-state index >= 15 is 0 Å². The summed E-state index contributed by atoms with van der Waals surface area (Å²) >= 11 is 0. The molecule has 1 aromatic rings. The average molecular weight is 254 g/mol. The van der Waals surface area contributed by atoms with Crippen LogP contribution < -0.4 is 10.6 Å². The highest BCUT2D eigenvalue weighted by atomic mass is 32.2. The number of rotatable bonds is 3. The smallest absolute Gasteiger partial charge is 0.177 e. The van der Waals surface area contributed by atoms with Crippen LogP contribution in [0.25, 0.3) is 0 Å². The predicted octanol–water partition coefficient (Wildman–Crippen LogP) is 1.25. The Balaban J connectivity index is 2.20. The molecule has 0 spiro atoms. The minimum atomic E-state index is -3.16. The van der Waals surface area contributed by atoms with Gasteiger partial charge in [0.25, 0.3) is 0 Å². The molecule has 0 unspecified atom stereocenters. The van der Waals surface area contributed by atoms with E-state index in [1.54, 1.807) is 12.1 Å². The molecule has 0 bridgehead atoms. The standard InChI is InChI=1S/C12H18N2O2S/c1-17(15,16)12-5-3-2-4-11(12)14-10-6-8-13-9-7-10/h2-5,10,13-14H,6-9H2,1H3. The zero-order valence-corrected chi connectivity index (χ0v) is 10.8. The summed E-state index contributed by atoms with van der Waals surface area (Å²) in [7, 11) is -3.16. The first-order valence-electron chi connectivity index (χ1n) is 5.84. The molecule has 0 atom stereocenters. The van der Waals surface area contributed by atoms with Gasteiger partial charge in [0.2, 0.25) is 0 Å². The van der Waals surface area contributed by atoms with Gasteiger partial charge in [0, 0.05) is 12.3 Å². The highest BCUT2D eigenvalue weighted by Crippen LogP contribution is 2.22. The van der Waals surface area contributed by atoms with Crippen molar-refractivity contribution >= 4 is 15.5 Å². The van der Waals surface area contributed by atoms with Gasteiger partial charge in [0.1, 0.15) is 0 Å². The molecular weight excluding hydrogens is 236 g/mol. The molecule has 1 aromatic carbocycles. The van der Waals surface area contributed by atoms with E-state index in [4.69, 9.17) is 0 Å². The molecule has 5 heteroatoms. The SMILES string of the molecule is CS(=O)(=O)c1ccccc1NC1CCNCC1. The summed E-state index contributed by atoms with van der Waals surface area (Å²) in [5, 5.41) is 6.62. The van der Waals surface area contributed by atoms with Crippen molar-refractivity contribution in [1.29, 1.82) is 0 Å². The Bertz CT molecular complexity index is 479. The van der Waals surface area contributed by atoms with Gasteiger partial charge in [-0.1, -0.05) is 12.1 Å². The van der Waals surface area contributed by atoms with Crippen molar-refractivity contribution in [2.45, 2.75) is 23.8 Å². The molecule has 17 heavy (non-hydrogen) atoms. The summed E-state index contributed by atoms with van der Waals surface area (Å²) < 4.78 is 23.3. The van der Waals surface area contributed by atoms with Crippen LogP contribution >= 0.6 is 0 Å². The van der Waals surface area contributed by atoms with Crippen molar-refractivity contribution in [3.8, 4) is 0 Å². The Kier molecular flexibility index (Phi) is 3.69. The number of hydrogen-bond acceptors (Lipinski definition) is 4. The lowest BCUT2D eigenvalue weighted by Gasteiger charge is -2.25. The fraction of sp³-hybridized carbons (Fsp3) is 0.500. The summed E-state index contributed by atoms with van der Waals surface area (Å²) in [6, 6.07) is 7.46. The van der Waals surface area contributed by atoms with Crippen LogP contribution in [0.1, 0.15) is 12.8 Å². The van der Waals surface area contributed by atoms with E-state index in [0.29, 0.717) is 10.9 Å². The molecule has 94 valence electrons. The topological polar surface area (TPSA) is 58.2 Å². The Labute approximate surface area is 102 Å². The molecule has 1 aliphatic rings. The van der Waals surface area contributed by atoms with Crippen molar-refractivity contribution in [1.82, 2.24) is 5.32 Å². The van der Waals surface area contributed by atoms with Crippen LogP contribution in [0.5, 0.6) is 0 Å². The van der Waals surface area contributed by atoms with Crippen LogP contribution in [-0.4, -0.2) is 33.8 Å². The van der Waals surface area contributed by atoms with E-state index in [9.17, 15) is 8.42 Å². The fourth-order valence-electron chi connectivity index (χ4n) is 2.10. The van der Waals surface area contributed by atoms with Gasteiger partial charge in [0.15, 0.2) is 9.84 Å². The molecule has 0 aromatic heterocycles. The number of anilines is 1. The molecule has 0 amide bonds. The highest BCUT2D eigenvalue weighted by molar-refractivity contribution is 7.90. The maximum atomic E-state index is 11.6. The van der Waals surface area contributed by atoms with Crippen LogP contribution in [0.4, 0.5) is 5.69 Å². The van der Waals surface area contributed by atoms with Gasteiger partial charge in [-0.25, -0.2) is 8.42 Å². The quantitative estimate of drug-likeness (QED) is 0.852. The molecule has 0 aliphatic carbocycles. The van der Waals surface area contributed by atoms with E-state index in [0.717, 1.165) is 31.6 Å². The third-order valence-corrected chi connectivity index (χ3v) is 4.14. The molecule has 0 radical (unpaired) electrons. The van der Waals surface area contributed by atoms with Crippen molar-refractivity contribution in [2.75, 3.05) is 24.7 Å². The van der Waals surface area contributed by atoms with Crippen molar-refractivity contribution < 1.29 is 8.42 Å². The van der Waals surface area contributed by atoms with E-state index in [1.165, 1.54) is 6.26 Å². The Morgan fingerprint density at radius 1 is 1.24 bits per heavy atom. The van der Waals surface area contributed by atoms with Crippen LogP contribution in [-0.2, 0) is 9.84 Å². The second kappa shape index (κ2) is 5.06. The van der Waals surface area contributed by atoms with Gasteiger partial charge in [-0.3, -0.25) is 0 Å². The van der Waals surface area contributed by atoms with Crippen molar-refractivity contribution in [2.24, 2.45) is 0 Å². The third-order valence-electron chi connectivity index (χ3n) is 2.99. The summed E-state index contributed by atoms with van der Waals surface area (Å²) in [6.45, 7) is 1.97.